The number of esters is 4. The van der Waals surface area contributed by atoms with Crippen LogP contribution in [0.5, 0.6) is 0 Å². The number of unbranched alkanes of at least 4 members (excludes halogenated alkanes) is 23. The zero-order valence-electron chi connectivity index (χ0n) is 63.5. The van der Waals surface area contributed by atoms with Crippen molar-refractivity contribution >= 4 is 39.5 Å². The Morgan fingerprint density at radius 3 is 0.912 bits per heavy atom. The van der Waals surface area contributed by atoms with Gasteiger partial charge in [0.25, 0.3) is 0 Å². The van der Waals surface area contributed by atoms with Gasteiger partial charge in [0.15, 0.2) is 12.2 Å². The van der Waals surface area contributed by atoms with E-state index in [4.69, 9.17) is 37.0 Å². The van der Waals surface area contributed by atoms with Crippen molar-refractivity contribution in [1.29, 1.82) is 0 Å². The Bertz CT molecular complexity index is 2510. The Balaban J connectivity index is 5.48. The lowest BCUT2D eigenvalue weighted by Crippen LogP contribution is -2.30. The molecule has 0 aliphatic heterocycles. The molecule has 582 valence electrons. The van der Waals surface area contributed by atoms with Crippen LogP contribution in [-0.2, 0) is 65.4 Å². The summed E-state index contributed by atoms with van der Waals surface area (Å²) in [4.78, 5) is 72.8. The topological polar surface area (TPSA) is 237 Å². The predicted octanol–water partition coefficient (Wildman–Crippen LogP) is 22.7. The van der Waals surface area contributed by atoms with Gasteiger partial charge in [0.05, 0.1) is 32.8 Å². The second-order valence-corrected chi connectivity index (χ2v) is 28.5. The molecule has 0 aliphatic rings. The number of aliphatic hydroxyl groups excluding tert-OH is 1. The number of rotatable bonds is 72. The minimum Gasteiger partial charge on any atom is -0.462 e. The van der Waals surface area contributed by atoms with Crippen LogP contribution in [0.3, 0.4) is 0 Å². The van der Waals surface area contributed by atoms with Gasteiger partial charge >= 0.3 is 39.5 Å². The minimum absolute atomic E-state index is 0.0297. The van der Waals surface area contributed by atoms with Gasteiger partial charge in [0.1, 0.15) is 19.3 Å². The molecule has 0 saturated heterocycles. The summed E-state index contributed by atoms with van der Waals surface area (Å²) in [5.74, 6) is -2.43. The van der Waals surface area contributed by atoms with Crippen LogP contribution in [0.25, 0.3) is 0 Å². The van der Waals surface area contributed by atoms with Gasteiger partial charge in [0.2, 0.25) is 0 Å². The summed E-state index contributed by atoms with van der Waals surface area (Å²) in [5.41, 5.74) is 0. The molecule has 0 bridgehead atoms. The highest BCUT2D eigenvalue weighted by atomic mass is 31.2. The quantitative estimate of drug-likeness (QED) is 0.0169. The maximum absolute atomic E-state index is 13.1. The monoisotopic (exact) mass is 1470 g/mol. The lowest BCUT2D eigenvalue weighted by molar-refractivity contribution is -0.161. The van der Waals surface area contributed by atoms with Crippen LogP contribution < -0.4 is 0 Å². The molecule has 0 aliphatic carbocycles. The largest absolute Gasteiger partial charge is 0.472 e. The molecule has 0 heterocycles. The van der Waals surface area contributed by atoms with E-state index in [-0.39, 0.29) is 25.7 Å². The van der Waals surface area contributed by atoms with Crippen molar-refractivity contribution in [2.24, 2.45) is 0 Å². The van der Waals surface area contributed by atoms with Crippen molar-refractivity contribution in [3.05, 3.63) is 146 Å². The number of carbonyl (C=O) groups is 4. The number of phosphoric acid groups is 2. The molecule has 0 aromatic carbocycles. The molecule has 0 radical (unpaired) electrons. The van der Waals surface area contributed by atoms with Crippen molar-refractivity contribution in [3.8, 4) is 0 Å². The smallest absolute Gasteiger partial charge is 0.462 e. The molecule has 0 amide bonds. The molecule has 5 atom stereocenters. The molecule has 17 nitrogen and oxygen atoms in total. The third kappa shape index (κ3) is 73.3. The first-order valence-corrected chi connectivity index (χ1v) is 42.1. The fourth-order valence-electron chi connectivity index (χ4n) is 9.96. The number of hydrogen-bond donors (Lipinski definition) is 3. The molecule has 0 aromatic rings. The molecule has 0 fully saturated rings. The molecule has 0 aromatic heterocycles. The molecule has 0 spiro atoms. The Kier molecular flexibility index (Phi) is 70.5. The lowest BCUT2D eigenvalue weighted by atomic mass is 10.0. The van der Waals surface area contributed by atoms with Crippen LogP contribution in [0.2, 0.25) is 0 Å². The molecule has 0 saturated carbocycles. The highest BCUT2D eigenvalue weighted by Gasteiger charge is 2.30. The maximum Gasteiger partial charge on any atom is 0.472 e. The fraction of sp³-hybridized carbons (Fsp3) is 0.663. The van der Waals surface area contributed by atoms with E-state index in [1.165, 1.54) is 89.9 Å². The van der Waals surface area contributed by atoms with Crippen LogP contribution in [0.4, 0.5) is 0 Å². The van der Waals surface area contributed by atoms with Gasteiger partial charge in [-0.3, -0.25) is 37.3 Å². The van der Waals surface area contributed by atoms with E-state index in [1.807, 2.05) is 36.5 Å². The number of allylic oxidation sites excluding steroid dienone is 23. The van der Waals surface area contributed by atoms with E-state index in [0.717, 1.165) is 122 Å². The summed E-state index contributed by atoms with van der Waals surface area (Å²) in [6, 6.07) is 0. The van der Waals surface area contributed by atoms with E-state index in [9.17, 15) is 43.2 Å². The van der Waals surface area contributed by atoms with Crippen LogP contribution in [-0.4, -0.2) is 96.7 Å². The van der Waals surface area contributed by atoms with E-state index >= 15 is 0 Å². The first-order chi connectivity index (χ1) is 49.7. The molecular formula is C83H138O17P2. The van der Waals surface area contributed by atoms with Crippen LogP contribution in [0.15, 0.2) is 146 Å². The maximum atomic E-state index is 13.1. The number of phosphoric ester groups is 2. The Labute approximate surface area is 617 Å². The van der Waals surface area contributed by atoms with Gasteiger partial charge in [-0.05, 0) is 116 Å². The highest BCUT2D eigenvalue weighted by molar-refractivity contribution is 7.47. The first-order valence-electron chi connectivity index (χ1n) is 39.1. The van der Waals surface area contributed by atoms with Crippen molar-refractivity contribution in [3.63, 3.8) is 0 Å². The Hall–Kier alpha value is -5.06. The van der Waals surface area contributed by atoms with Crippen molar-refractivity contribution in [1.82, 2.24) is 0 Å². The molecule has 19 heteroatoms. The summed E-state index contributed by atoms with van der Waals surface area (Å²) in [7, 11) is -10.0. The predicted molar refractivity (Wildman–Crippen MR) is 417 cm³/mol. The van der Waals surface area contributed by atoms with Gasteiger partial charge < -0.3 is 33.8 Å². The second kappa shape index (κ2) is 74.2. The van der Waals surface area contributed by atoms with Gasteiger partial charge in [-0.25, -0.2) is 9.13 Å². The molecule has 5 unspecified atom stereocenters. The summed E-state index contributed by atoms with van der Waals surface area (Å²) >= 11 is 0. The molecule has 3 N–H and O–H groups in total. The fourth-order valence-corrected chi connectivity index (χ4v) is 11.5. The van der Waals surface area contributed by atoms with E-state index in [0.29, 0.717) is 32.1 Å². The lowest BCUT2D eigenvalue weighted by Gasteiger charge is -2.21. The first kappa shape index (κ1) is 96.9. The molecule has 0 rings (SSSR count). The average Bonchev–Trinajstić information content (AvgIpc) is 0.924. The van der Waals surface area contributed by atoms with E-state index < -0.39 is 97.5 Å². The SMILES string of the molecule is CC/C=C\C/C=C\C/C=C\C/C=C\C/C=C\C/C=C\CCC(=O)OCC(COP(=O)(O)OCC(O)COP(=O)(O)OCC(COC(=O)C/C=C\C/C=C\C/C=C\C/C=C\C/C=C\CC)OC(=O)CCCCCCCCCCCCCCC)OC(=O)CCCCCCC/C=C\CCCCCCCC. The zero-order chi connectivity index (χ0) is 74.6. The van der Waals surface area contributed by atoms with Gasteiger partial charge in [-0.2, -0.15) is 0 Å². The van der Waals surface area contributed by atoms with Gasteiger partial charge in [-0.1, -0.05) is 302 Å². The molecule has 102 heavy (non-hydrogen) atoms. The molecular weight excluding hydrogens is 1330 g/mol. The average molecular weight is 1470 g/mol. The summed E-state index contributed by atoms with van der Waals surface area (Å²) in [5, 5.41) is 10.6. The third-order valence-electron chi connectivity index (χ3n) is 15.8. The van der Waals surface area contributed by atoms with Crippen molar-refractivity contribution in [2.75, 3.05) is 39.6 Å². The number of ether oxygens (including phenoxy) is 4. The van der Waals surface area contributed by atoms with Crippen LogP contribution >= 0.6 is 15.6 Å². The Morgan fingerprint density at radius 1 is 0.294 bits per heavy atom. The van der Waals surface area contributed by atoms with Gasteiger partial charge in [0, 0.05) is 19.3 Å². The zero-order valence-corrected chi connectivity index (χ0v) is 65.3. The van der Waals surface area contributed by atoms with E-state index in [1.54, 1.807) is 6.08 Å². The summed E-state index contributed by atoms with van der Waals surface area (Å²) in [6.45, 7) is 4.43. The van der Waals surface area contributed by atoms with Crippen molar-refractivity contribution < 1.29 is 80.2 Å². The minimum atomic E-state index is -5.00. The van der Waals surface area contributed by atoms with E-state index in [2.05, 4.69) is 131 Å². The van der Waals surface area contributed by atoms with Crippen LogP contribution in [0, 0.1) is 0 Å². The van der Waals surface area contributed by atoms with Crippen LogP contribution in [0.1, 0.15) is 297 Å². The number of hydrogen-bond acceptors (Lipinski definition) is 15. The number of aliphatic hydroxyl groups is 1. The number of carbonyl (C=O) groups excluding carboxylic acids is 4. The highest BCUT2D eigenvalue weighted by Crippen LogP contribution is 2.45. The normalized spacial score (nSPS) is 14.7. The second-order valence-electron chi connectivity index (χ2n) is 25.6. The van der Waals surface area contributed by atoms with Crippen molar-refractivity contribution in [2.45, 2.75) is 316 Å². The standard InChI is InChI=1S/C83H138O17P2/c1-5-9-13-17-21-25-29-33-36-37-38-39-42-45-48-52-56-60-64-68-81(86)94-74-79(100-83(88)70-66-62-58-54-50-46-41-35-31-27-23-19-15-11-7-3)76-98-102(91,92)96-72-77(84)71-95-101(89,90)97-75-78(99-82(87)69-65-61-57-53-49-43-32-28-24-20-16-12-8-4)73-93-80(85)67-63-59-55-51-47-44-40-34-30-26-22-18-14-10-6-2/h9-10,13-14,21-22,25-26,33-36,38-41,45,47-48,51,56,59-60,63,77-79,84H,5-8,11-12,15-20,23-24,27-32,37,42-44,46,49-50,52-55,57-58,61-62,64-76H2,1-4H3,(H,89,90)(H,91,92)/b13-9-,14-10-,25-21-,26-22-,36-33-,39-38-,40-34-,41-35-,48-45-,51-47-,60-56-,63-59-. The third-order valence-corrected chi connectivity index (χ3v) is 17.7. The van der Waals surface area contributed by atoms with Gasteiger partial charge in [-0.15, -0.1) is 0 Å². The summed E-state index contributed by atoms with van der Waals surface area (Å²) < 4.78 is 68.3. The Morgan fingerprint density at radius 2 is 0.569 bits per heavy atom. The summed E-state index contributed by atoms with van der Waals surface area (Å²) in [6.07, 6.45) is 84.5.